The Bertz CT molecular complexity index is 1110. The zero-order valence-electron chi connectivity index (χ0n) is 16.7. The van der Waals surface area contributed by atoms with Gasteiger partial charge in [0.05, 0.1) is 19.2 Å². The number of alkyl halides is 2. The number of aliphatic hydroxyl groups excluding tert-OH is 1. The summed E-state index contributed by atoms with van der Waals surface area (Å²) in [5, 5.41) is 10.7. The highest BCUT2D eigenvalue weighted by molar-refractivity contribution is 5.72. The third kappa shape index (κ3) is 3.74. The molecule has 3 aromatic rings. The van der Waals surface area contributed by atoms with Crippen molar-refractivity contribution in [1.29, 1.82) is 0 Å². The quantitative estimate of drug-likeness (QED) is 0.683. The van der Waals surface area contributed by atoms with Crippen molar-refractivity contribution in [2.24, 2.45) is 0 Å². The number of hydrogen-bond donors (Lipinski definition) is 1. The molecule has 7 nitrogen and oxygen atoms in total. The lowest BCUT2D eigenvalue weighted by atomic mass is 9.82. The zero-order valence-corrected chi connectivity index (χ0v) is 16.7. The molecule has 2 aromatic heterocycles. The van der Waals surface area contributed by atoms with Gasteiger partial charge in [-0.25, -0.2) is 23.5 Å². The van der Waals surface area contributed by atoms with Crippen LogP contribution in [0.3, 0.4) is 0 Å². The van der Waals surface area contributed by atoms with Crippen LogP contribution in [0.5, 0.6) is 0 Å². The van der Waals surface area contributed by atoms with E-state index in [-0.39, 0.29) is 38.8 Å². The highest BCUT2D eigenvalue weighted by Gasteiger charge is 2.51. The van der Waals surface area contributed by atoms with E-state index in [4.69, 9.17) is 4.74 Å². The van der Waals surface area contributed by atoms with Crippen LogP contribution in [0.4, 0.5) is 13.6 Å². The summed E-state index contributed by atoms with van der Waals surface area (Å²) in [6, 6.07) is 11.0. The number of rotatable bonds is 4. The number of fused-ring (bicyclic) bond motifs is 1. The summed E-state index contributed by atoms with van der Waals surface area (Å²) in [6.45, 7) is 0.273. The van der Waals surface area contributed by atoms with Gasteiger partial charge in [0.25, 0.3) is 0 Å². The van der Waals surface area contributed by atoms with E-state index >= 15 is 0 Å². The number of aromatic nitrogens is 3. The molecule has 1 aliphatic heterocycles. The molecule has 1 unspecified atom stereocenters. The molecule has 0 bridgehead atoms. The van der Waals surface area contributed by atoms with Crippen LogP contribution in [-0.2, 0) is 4.74 Å². The van der Waals surface area contributed by atoms with Gasteiger partial charge in [-0.3, -0.25) is 4.57 Å². The molecule has 0 radical (unpaired) electrons. The van der Waals surface area contributed by atoms with Crippen molar-refractivity contribution in [3.8, 4) is 5.69 Å². The molecule has 1 spiro atoms. The second kappa shape index (κ2) is 7.26. The second-order valence-electron chi connectivity index (χ2n) is 8.36. The van der Waals surface area contributed by atoms with Gasteiger partial charge in [-0.15, -0.1) is 0 Å². The van der Waals surface area contributed by atoms with Crippen LogP contribution in [0.15, 0.2) is 48.9 Å². The van der Waals surface area contributed by atoms with E-state index in [2.05, 4.69) is 9.97 Å². The van der Waals surface area contributed by atoms with E-state index in [1.165, 1.54) is 4.90 Å². The number of hydrogen-bond acceptors (Lipinski definition) is 5. The molecular formula is C22H22F2N4O3. The van der Waals surface area contributed by atoms with Gasteiger partial charge >= 0.3 is 6.09 Å². The van der Waals surface area contributed by atoms with Gasteiger partial charge in [-0.2, -0.15) is 0 Å². The van der Waals surface area contributed by atoms with Gasteiger partial charge in [0.1, 0.15) is 17.4 Å². The number of amides is 1. The van der Waals surface area contributed by atoms with E-state index in [1.54, 1.807) is 24.7 Å². The molecule has 1 N–H and O–H groups in total. The molecular weight excluding hydrogens is 406 g/mol. The molecule has 9 heteroatoms. The van der Waals surface area contributed by atoms with E-state index in [9.17, 15) is 18.7 Å². The maximum absolute atomic E-state index is 13.5. The fourth-order valence-electron chi connectivity index (χ4n) is 4.37. The summed E-state index contributed by atoms with van der Waals surface area (Å²) in [5.74, 6) is -2.69. The first-order valence-corrected chi connectivity index (χ1v) is 10.3. The van der Waals surface area contributed by atoms with Crippen molar-refractivity contribution >= 4 is 17.3 Å². The molecule has 1 amide bonds. The Kier molecular flexibility index (Phi) is 4.65. The van der Waals surface area contributed by atoms with Crippen LogP contribution in [0.2, 0.25) is 0 Å². The summed E-state index contributed by atoms with van der Waals surface area (Å²) >= 11 is 0. The first kappa shape index (κ1) is 19.9. The molecule has 5 rings (SSSR count). The summed E-state index contributed by atoms with van der Waals surface area (Å²) < 4.78 is 34.3. The van der Waals surface area contributed by atoms with Crippen LogP contribution in [0, 0.1) is 0 Å². The molecule has 1 aromatic carbocycles. The Morgan fingerprint density at radius 3 is 2.58 bits per heavy atom. The number of aliphatic hydroxyl groups is 1. The average Bonchev–Trinajstić information content (AvgIpc) is 3.32. The Hall–Kier alpha value is -3.07. The third-order valence-corrected chi connectivity index (χ3v) is 6.19. The number of ether oxygens (including phenoxy) is 1. The van der Waals surface area contributed by atoms with Crippen molar-refractivity contribution in [3.63, 3.8) is 0 Å². The topological polar surface area (TPSA) is 80.5 Å². The normalized spacial score (nSPS) is 20.9. The number of halogens is 2. The molecule has 31 heavy (non-hydrogen) atoms. The fraction of sp³-hybridized carbons (Fsp3) is 0.409. The molecule has 1 atom stereocenters. The first-order chi connectivity index (χ1) is 14.8. The fourth-order valence-corrected chi connectivity index (χ4v) is 4.37. The largest absolute Gasteiger partial charge is 0.441 e. The number of benzene rings is 1. The van der Waals surface area contributed by atoms with Gasteiger partial charge in [0.2, 0.25) is 5.92 Å². The highest BCUT2D eigenvalue weighted by atomic mass is 19.3. The van der Waals surface area contributed by atoms with Crippen molar-refractivity contribution in [2.75, 3.05) is 13.1 Å². The molecule has 162 valence electrons. The lowest BCUT2D eigenvalue weighted by Gasteiger charge is -2.34. The van der Waals surface area contributed by atoms with Gasteiger partial charge in [0.15, 0.2) is 5.65 Å². The van der Waals surface area contributed by atoms with E-state index < -0.39 is 23.7 Å². The molecule has 2 aliphatic rings. The summed E-state index contributed by atoms with van der Waals surface area (Å²) in [4.78, 5) is 22.4. The number of carbonyl (C=O) groups is 1. The molecule has 2 fully saturated rings. The number of nitrogens with zero attached hydrogens (tertiary/aromatic N) is 4. The van der Waals surface area contributed by atoms with E-state index in [1.807, 2.05) is 28.8 Å². The van der Waals surface area contributed by atoms with Crippen LogP contribution in [0.1, 0.15) is 37.4 Å². The smallest absolute Gasteiger partial charge is 0.410 e. The van der Waals surface area contributed by atoms with Crippen molar-refractivity contribution in [1.82, 2.24) is 19.4 Å². The zero-order chi connectivity index (χ0) is 21.6. The summed E-state index contributed by atoms with van der Waals surface area (Å²) in [7, 11) is 0. The SMILES string of the molecule is O=C1OC2(CCC(F)(F)CC2)CN1CC(O)c1ccc(-n2cnc3cccnc32)cc1. The average molecular weight is 428 g/mol. The first-order valence-electron chi connectivity index (χ1n) is 10.3. The van der Waals surface area contributed by atoms with Crippen LogP contribution < -0.4 is 0 Å². The molecule has 1 aliphatic carbocycles. The lowest BCUT2D eigenvalue weighted by Crippen LogP contribution is -2.42. The van der Waals surface area contributed by atoms with Crippen LogP contribution in [0.25, 0.3) is 16.9 Å². The van der Waals surface area contributed by atoms with Crippen LogP contribution >= 0.6 is 0 Å². The minimum Gasteiger partial charge on any atom is -0.441 e. The third-order valence-electron chi connectivity index (χ3n) is 6.19. The summed E-state index contributed by atoms with van der Waals surface area (Å²) in [6.07, 6.45) is 1.63. The maximum atomic E-state index is 13.5. The predicted octanol–water partition coefficient (Wildman–Crippen LogP) is 3.85. The minimum atomic E-state index is -2.69. The minimum absolute atomic E-state index is 0.0475. The Labute approximate surface area is 177 Å². The highest BCUT2D eigenvalue weighted by Crippen LogP contribution is 2.43. The number of carbonyl (C=O) groups excluding carboxylic acids is 1. The number of β-amino-alcohol motifs (C(OH)–C–C–N with tert-alkyl or cyclic N) is 1. The van der Waals surface area contributed by atoms with Gasteiger partial charge < -0.3 is 14.7 Å². The van der Waals surface area contributed by atoms with Gasteiger partial charge in [-0.1, -0.05) is 12.1 Å². The van der Waals surface area contributed by atoms with E-state index in [0.717, 1.165) is 16.9 Å². The standard InChI is InChI=1S/C22H22F2N4O3/c23-22(24)9-7-21(8-10-22)13-27(20(30)31-21)12-18(29)15-3-5-16(6-4-15)28-14-26-17-2-1-11-25-19(17)28/h1-6,11,14,18,29H,7-10,12-13H2. The molecule has 1 saturated heterocycles. The van der Waals surface area contributed by atoms with Gasteiger partial charge in [0, 0.05) is 24.7 Å². The van der Waals surface area contributed by atoms with E-state index in [0.29, 0.717) is 5.56 Å². The molecule has 3 heterocycles. The lowest BCUT2D eigenvalue weighted by molar-refractivity contribution is -0.0911. The van der Waals surface area contributed by atoms with Crippen molar-refractivity contribution < 1.29 is 23.4 Å². The van der Waals surface area contributed by atoms with Crippen LogP contribution in [-0.4, -0.2) is 55.2 Å². The molecule has 1 saturated carbocycles. The Balaban J connectivity index is 1.27. The Morgan fingerprint density at radius 1 is 1.10 bits per heavy atom. The number of pyridine rings is 1. The predicted molar refractivity (Wildman–Crippen MR) is 108 cm³/mol. The van der Waals surface area contributed by atoms with Gasteiger partial charge in [-0.05, 0) is 42.7 Å². The number of imidazole rings is 1. The Morgan fingerprint density at radius 2 is 1.84 bits per heavy atom. The maximum Gasteiger partial charge on any atom is 0.410 e. The second-order valence-corrected chi connectivity index (χ2v) is 8.36. The summed E-state index contributed by atoms with van der Waals surface area (Å²) in [5.41, 5.74) is 2.15. The van der Waals surface area contributed by atoms with Crippen molar-refractivity contribution in [3.05, 3.63) is 54.5 Å². The monoisotopic (exact) mass is 428 g/mol. The van der Waals surface area contributed by atoms with Crippen molar-refractivity contribution in [2.45, 2.75) is 43.3 Å².